The Kier molecular flexibility index (Phi) is 6.87. The molecule has 198 valence electrons. The molecule has 0 amide bonds. The highest BCUT2D eigenvalue weighted by molar-refractivity contribution is 9.09. The first kappa shape index (κ1) is 25.6. The van der Waals surface area contributed by atoms with Crippen LogP contribution in [0.5, 0.6) is 5.75 Å². The molecular formula is C32H29BrN2O4. The Morgan fingerprint density at radius 1 is 1.00 bits per heavy atom. The van der Waals surface area contributed by atoms with Gasteiger partial charge in [-0.25, -0.2) is 4.79 Å². The Bertz CT molecular complexity index is 1740. The fraction of sp³-hybridized carbons (Fsp3) is 0.250. The zero-order valence-corrected chi connectivity index (χ0v) is 23.4. The number of carbonyl (C=O) groups excluding carboxylic acids is 1. The van der Waals surface area contributed by atoms with Gasteiger partial charge in [-0.3, -0.25) is 13.9 Å². The van der Waals surface area contributed by atoms with Gasteiger partial charge in [-0.1, -0.05) is 89.6 Å². The van der Waals surface area contributed by atoms with Crippen LogP contribution in [-0.2, 0) is 22.6 Å². The van der Waals surface area contributed by atoms with E-state index < -0.39 is 0 Å². The zero-order valence-electron chi connectivity index (χ0n) is 21.8. The highest BCUT2D eigenvalue weighted by atomic mass is 79.9. The molecule has 0 N–H and O–H groups in total. The van der Waals surface area contributed by atoms with Gasteiger partial charge in [0.1, 0.15) is 12.4 Å². The third kappa shape index (κ3) is 4.70. The van der Waals surface area contributed by atoms with Crippen LogP contribution in [0.15, 0.2) is 89.7 Å². The number of halogens is 1. The molecule has 6 rings (SSSR count). The molecule has 0 saturated heterocycles. The summed E-state index contributed by atoms with van der Waals surface area (Å²) in [6.07, 6.45) is -0.346. The molecule has 0 fully saturated rings. The second-order valence-corrected chi connectivity index (χ2v) is 11.3. The summed E-state index contributed by atoms with van der Waals surface area (Å²) in [5.41, 5.74) is 4.66. The van der Waals surface area contributed by atoms with Gasteiger partial charge in [0.15, 0.2) is 5.78 Å². The number of benzene rings is 4. The van der Waals surface area contributed by atoms with Gasteiger partial charge in [0.05, 0.1) is 35.6 Å². The summed E-state index contributed by atoms with van der Waals surface area (Å²) in [7, 11) is 1.65. The summed E-state index contributed by atoms with van der Waals surface area (Å²) in [6.45, 7) is 2.88. The van der Waals surface area contributed by atoms with Crippen LogP contribution in [0.1, 0.15) is 35.6 Å². The van der Waals surface area contributed by atoms with Crippen LogP contribution in [0.3, 0.4) is 0 Å². The van der Waals surface area contributed by atoms with Crippen LogP contribution in [0.2, 0.25) is 0 Å². The van der Waals surface area contributed by atoms with E-state index in [9.17, 15) is 9.59 Å². The number of aromatic nitrogens is 2. The van der Waals surface area contributed by atoms with Crippen molar-refractivity contribution in [1.82, 2.24) is 9.13 Å². The van der Waals surface area contributed by atoms with Crippen LogP contribution in [-0.4, -0.2) is 33.5 Å². The number of para-hydroxylation sites is 1. The normalized spacial score (nSPS) is 17.4. The Balaban J connectivity index is 1.24. The van der Waals surface area contributed by atoms with Crippen molar-refractivity contribution in [3.05, 3.63) is 112 Å². The molecule has 0 aliphatic carbocycles. The molecule has 39 heavy (non-hydrogen) atoms. The number of nitrogens with zero attached hydrogens (tertiary/aromatic N) is 2. The molecule has 1 aromatic heterocycles. The molecule has 1 aliphatic heterocycles. The monoisotopic (exact) mass is 584 g/mol. The molecule has 1 unspecified atom stereocenters. The van der Waals surface area contributed by atoms with Crippen molar-refractivity contribution in [3.63, 3.8) is 0 Å². The van der Waals surface area contributed by atoms with E-state index >= 15 is 0 Å². The topological polar surface area (TPSA) is 62.5 Å². The van der Waals surface area contributed by atoms with E-state index in [1.54, 1.807) is 7.11 Å². The SMILES string of the molecule is COc1ccc2cc([C@@H](C)C(=O)CO[C@H]3c4cccc5c4n(c(=O)n5Cc4ccccc4)CC3Br)ccc2c1. The van der Waals surface area contributed by atoms with Crippen molar-refractivity contribution < 1.29 is 14.3 Å². The molecular weight excluding hydrogens is 556 g/mol. The predicted octanol–water partition coefficient (Wildman–Crippen LogP) is 6.22. The van der Waals surface area contributed by atoms with E-state index in [2.05, 4.69) is 22.0 Å². The standard InChI is InChI=1S/C32H29BrN2O4/c1-20(22-11-12-24-16-25(38-2)14-13-23(24)15-22)29(36)19-39-31-26-9-6-10-28-30(26)35(18-27(31)33)32(37)34(28)17-21-7-4-3-5-8-21/h3-16,20,27,31H,17-19H2,1-2H3/t20-,27?,31+/m1/s1. The van der Waals surface area contributed by atoms with Crippen molar-refractivity contribution in [3.8, 4) is 5.75 Å². The smallest absolute Gasteiger partial charge is 0.329 e. The predicted molar refractivity (Wildman–Crippen MR) is 157 cm³/mol. The van der Waals surface area contributed by atoms with E-state index in [0.29, 0.717) is 13.1 Å². The first-order chi connectivity index (χ1) is 18.9. The molecule has 0 radical (unpaired) electrons. The number of hydrogen-bond acceptors (Lipinski definition) is 4. The molecule has 4 aromatic carbocycles. The molecule has 7 heteroatoms. The number of fused-ring (bicyclic) bond motifs is 1. The largest absolute Gasteiger partial charge is 0.497 e. The second kappa shape index (κ2) is 10.5. The number of methoxy groups -OCH3 is 1. The maximum absolute atomic E-state index is 13.4. The van der Waals surface area contributed by atoms with Gasteiger partial charge in [-0.05, 0) is 40.1 Å². The van der Waals surface area contributed by atoms with Crippen molar-refractivity contribution >= 4 is 43.5 Å². The number of imidazole rings is 1. The van der Waals surface area contributed by atoms with Gasteiger partial charge in [-0.2, -0.15) is 0 Å². The van der Waals surface area contributed by atoms with Crippen molar-refractivity contribution in [1.29, 1.82) is 0 Å². The van der Waals surface area contributed by atoms with Gasteiger partial charge in [0.25, 0.3) is 0 Å². The number of rotatable bonds is 8. The van der Waals surface area contributed by atoms with Crippen molar-refractivity contribution in [2.75, 3.05) is 13.7 Å². The van der Waals surface area contributed by atoms with Crippen LogP contribution < -0.4 is 10.4 Å². The third-order valence-electron chi connectivity index (χ3n) is 7.70. The van der Waals surface area contributed by atoms with E-state index in [1.165, 1.54) is 0 Å². The molecule has 0 bridgehead atoms. The Morgan fingerprint density at radius 3 is 2.56 bits per heavy atom. The Hall–Kier alpha value is -3.68. The Morgan fingerprint density at radius 2 is 1.77 bits per heavy atom. The van der Waals surface area contributed by atoms with E-state index in [1.807, 2.05) is 94.9 Å². The summed E-state index contributed by atoms with van der Waals surface area (Å²) in [5, 5.41) is 2.13. The lowest BCUT2D eigenvalue weighted by Gasteiger charge is -2.29. The summed E-state index contributed by atoms with van der Waals surface area (Å²) >= 11 is 3.76. The maximum Gasteiger partial charge on any atom is 0.329 e. The van der Waals surface area contributed by atoms with Gasteiger partial charge < -0.3 is 9.47 Å². The minimum atomic E-state index is -0.346. The molecule has 0 saturated carbocycles. The van der Waals surface area contributed by atoms with Crippen LogP contribution in [0, 0.1) is 0 Å². The van der Waals surface area contributed by atoms with E-state index in [0.717, 1.165) is 44.2 Å². The quantitative estimate of drug-likeness (QED) is 0.203. The highest BCUT2D eigenvalue weighted by Gasteiger charge is 2.33. The van der Waals surface area contributed by atoms with Gasteiger partial charge >= 0.3 is 5.69 Å². The number of Topliss-reactive ketones (excluding diaryl/α,β-unsaturated/α-hetero) is 1. The third-order valence-corrected chi connectivity index (χ3v) is 8.47. The fourth-order valence-corrected chi connectivity index (χ4v) is 6.23. The fourth-order valence-electron chi connectivity index (χ4n) is 5.50. The average Bonchev–Trinajstić information content (AvgIpc) is 3.23. The molecule has 3 atom stereocenters. The first-order valence-corrected chi connectivity index (χ1v) is 14.0. The van der Waals surface area contributed by atoms with Crippen molar-refractivity contribution in [2.45, 2.75) is 36.9 Å². The lowest BCUT2D eigenvalue weighted by atomic mass is 9.94. The average molecular weight is 585 g/mol. The Labute approximate surface area is 234 Å². The summed E-state index contributed by atoms with van der Waals surface area (Å²) in [6, 6.07) is 27.9. The summed E-state index contributed by atoms with van der Waals surface area (Å²) < 4.78 is 15.3. The number of ether oxygens (including phenoxy) is 2. The van der Waals surface area contributed by atoms with Gasteiger partial charge in [0.2, 0.25) is 0 Å². The minimum Gasteiger partial charge on any atom is -0.497 e. The first-order valence-electron chi connectivity index (χ1n) is 13.1. The highest BCUT2D eigenvalue weighted by Crippen LogP contribution is 2.37. The lowest BCUT2D eigenvalue weighted by Crippen LogP contribution is -2.34. The van der Waals surface area contributed by atoms with E-state index in [-0.39, 0.29) is 34.9 Å². The minimum absolute atomic E-state index is 0.0133. The molecule has 6 nitrogen and oxygen atoms in total. The van der Waals surface area contributed by atoms with Gasteiger partial charge in [0, 0.05) is 18.0 Å². The van der Waals surface area contributed by atoms with Crippen LogP contribution >= 0.6 is 15.9 Å². The lowest BCUT2D eigenvalue weighted by molar-refractivity contribution is -0.126. The number of alkyl halides is 1. The second-order valence-electron chi connectivity index (χ2n) is 10.1. The molecule has 0 spiro atoms. The molecule has 5 aromatic rings. The van der Waals surface area contributed by atoms with Crippen LogP contribution in [0.4, 0.5) is 0 Å². The van der Waals surface area contributed by atoms with E-state index in [4.69, 9.17) is 9.47 Å². The summed E-state index contributed by atoms with van der Waals surface area (Å²) in [4.78, 5) is 26.5. The van der Waals surface area contributed by atoms with Gasteiger partial charge in [-0.15, -0.1) is 0 Å². The number of ketones is 1. The number of carbonyl (C=O) groups is 1. The summed E-state index contributed by atoms with van der Waals surface area (Å²) in [5.74, 6) is 0.509. The maximum atomic E-state index is 13.4. The number of hydrogen-bond donors (Lipinski definition) is 0. The van der Waals surface area contributed by atoms with Crippen molar-refractivity contribution in [2.24, 2.45) is 0 Å². The molecule has 2 heterocycles. The van der Waals surface area contributed by atoms with Crippen LogP contribution in [0.25, 0.3) is 21.8 Å². The zero-order chi connectivity index (χ0) is 27.1. The molecule has 1 aliphatic rings.